The molecule has 0 aromatic heterocycles. The Morgan fingerprint density at radius 2 is 1.02 bits per heavy atom. The van der Waals surface area contributed by atoms with Crippen molar-refractivity contribution >= 4 is 31.9 Å². The van der Waals surface area contributed by atoms with Gasteiger partial charge in [0.2, 0.25) is 0 Å². The van der Waals surface area contributed by atoms with E-state index in [1.807, 2.05) is 11.8 Å². The third kappa shape index (κ3) is 12.2. The first-order valence-electron chi connectivity index (χ1n) is 17.4. The van der Waals surface area contributed by atoms with Crippen molar-refractivity contribution in [2.75, 3.05) is 43.5 Å². The van der Waals surface area contributed by atoms with E-state index in [4.69, 9.17) is 13.3 Å². The molecule has 0 saturated carbocycles. The van der Waals surface area contributed by atoms with Crippen LogP contribution in [0.4, 0.5) is 11.4 Å². The number of anilines is 2. The SMILES string of the molecule is CO[Si](CCCSCCCCC(CC(C)Nc1c(C(C)C)cccc1C(C)C)Nc1c(C(C)C)cccc1C(C)C)(OC)OC. The molecular weight excluding hydrogens is 593 g/mol. The predicted molar refractivity (Wildman–Crippen MR) is 202 cm³/mol. The largest absolute Gasteiger partial charge is 0.500 e. The summed E-state index contributed by atoms with van der Waals surface area (Å²) >= 11 is 2.04. The van der Waals surface area contributed by atoms with E-state index in [0.29, 0.717) is 35.8 Å². The summed E-state index contributed by atoms with van der Waals surface area (Å²) in [4.78, 5) is 0. The molecule has 0 saturated heterocycles. The van der Waals surface area contributed by atoms with Crippen molar-refractivity contribution in [3.63, 3.8) is 0 Å². The molecule has 256 valence electrons. The summed E-state index contributed by atoms with van der Waals surface area (Å²) in [5.74, 6) is 4.20. The molecule has 0 bridgehead atoms. The molecule has 0 radical (unpaired) electrons. The van der Waals surface area contributed by atoms with E-state index in [2.05, 4.69) is 109 Å². The third-order valence-corrected chi connectivity index (χ3v) is 12.9. The summed E-state index contributed by atoms with van der Waals surface area (Å²) in [6.07, 6.45) is 5.72. The standard InChI is InChI=1S/C38H66N2O3SSi/c1-27(2)33-19-15-20-34(28(3)4)37(33)39-31(9)26-32(40-38-35(29(5)6)21-16-22-36(38)30(7)8)18-13-14-23-44-24-17-25-45(41-10,42-11)43-12/h15-16,19-22,27-32,39-40H,13-14,17-18,23-26H2,1-12H3. The molecule has 2 unspecified atom stereocenters. The first-order valence-corrected chi connectivity index (χ1v) is 20.5. The van der Waals surface area contributed by atoms with Gasteiger partial charge in [-0.15, -0.1) is 0 Å². The van der Waals surface area contributed by atoms with Crippen LogP contribution in [0.25, 0.3) is 0 Å². The highest BCUT2D eigenvalue weighted by atomic mass is 32.2. The average Bonchev–Trinajstić information content (AvgIpc) is 3.00. The third-order valence-electron chi connectivity index (χ3n) is 8.92. The van der Waals surface area contributed by atoms with Crippen molar-refractivity contribution in [3.05, 3.63) is 58.7 Å². The average molecular weight is 659 g/mol. The van der Waals surface area contributed by atoms with Gasteiger partial charge in [0.15, 0.2) is 0 Å². The maximum absolute atomic E-state index is 5.58. The molecule has 0 aliphatic heterocycles. The number of hydrogen-bond donors (Lipinski definition) is 2. The molecule has 0 fully saturated rings. The number of benzene rings is 2. The Bertz CT molecular complexity index is 1060. The van der Waals surface area contributed by atoms with Crippen LogP contribution < -0.4 is 10.6 Å². The lowest BCUT2D eigenvalue weighted by atomic mass is 9.90. The molecule has 5 nitrogen and oxygen atoms in total. The van der Waals surface area contributed by atoms with Crippen LogP contribution in [0, 0.1) is 0 Å². The second kappa shape index (κ2) is 20.0. The van der Waals surface area contributed by atoms with Gasteiger partial charge in [0.1, 0.15) is 0 Å². The summed E-state index contributed by atoms with van der Waals surface area (Å²) in [6, 6.07) is 15.3. The van der Waals surface area contributed by atoms with Gasteiger partial charge < -0.3 is 23.9 Å². The fourth-order valence-electron chi connectivity index (χ4n) is 6.26. The highest BCUT2D eigenvalue weighted by Crippen LogP contribution is 2.36. The highest BCUT2D eigenvalue weighted by Gasteiger charge is 2.36. The van der Waals surface area contributed by atoms with Gasteiger partial charge in [0, 0.05) is 50.8 Å². The van der Waals surface area contributed by atoms with Crippen LogP contribution in [0.1, 0.15) is 140 Å². The minimum atomic E-state index is -2.46. The molecule has 7 heteroatoms. The van der Waals surface area contributed by atoms with Crippen LogP contribution in [0.2, 0.25) is 6.04 Å². The molecule has 2 aromatic rings. The fraction of sp³-hybridized carbons (Fsp3) is 0.684. The highest BCUT2D eigenvalue weighted by molar-refractivity contribution is 7.99. The Hall–Kier alpha value is -1.51. The summed E-state index contributed by atoms with van der Waals surface area (Å²) in [7, 11) is 2.63. The predicted octanol–water partition coefficient (Wildman–Crippen LogP) is 11.0. The number of rotatable bonds is 22. The maximum Gasteiger partial charge on any atom is 0.500 e. The molecule has 2 N–H and O–H groups in total. The van der Waals surface area contributed by atoms with Crippen molar-refractivity contribution in [1.29, 1.82) is 0 Å². The number of hydrogen-bond acceptors (Lipinski definition) is 6. The van der Waals surface area contributed by atoms with Gasteiger partial charge in [-0.1, -0.05) is 98.2 Å². The van der Waals surface area contributed by atoms with Gasteiger partial charge in [0.05, 0.1) is 0 Å². The van der Waals surface area contributed by atoms with Crippen LogP contribution >= 0.6 is 11.8 Å². The fourth-order valence-corrected chi connectivity index (χ4v) is 9.20. The first kappa shape index (κ1) is 39.7. The zero-order valence-corrected chi connectivity index (χ0v) is 32.5. The van der Waals surface area contributed by atoms with Crippen molar-refractivity contribution in [2.45, 2.75) is 136 Å². The van der Waals surface area contributed by atoms with E-state index in [9.17, 15) is 0 Å². The minimum absolute atomic E-state index is 0.342. The van der Waals surface area contributed by atoms with Gasteiger partial charge >= 0.3 is 8.80 Å². The minimum Gasteiger partial charge on any atom is -0.382 e. The van der Waals surface area contributed by atoms with Crippen LogP contribution in [0.3, 0.4) is 0 Å². The van der Waals surface area contributed by atoms with Gasteiger partial charge in [0.25, 0.3) is 0 Å². The van der Waals surface area contributed by atoms with Gasteiger partial charge in [-0.3, -0.25) is 0 Å². The Balaban J connectivity index is 2.16. The lowest BCUT2D eigenvalue weighted by molar-refractivity contribution is 0.123. The van der Waals surface area contributed by atoms with Crippen LogP contribution in [0.5, 0.6) is 0 Å². The second-order valence-corrected chi connectivity index (χ2v) is 18.2. The lowest BCUT2D eigenvalue weighted by Gasteiger charge is -2.30. The molecule has 2 aromatic carbocycles. The second-order valence-electron chi connectivity index (χ2n) is 13.9. The molecule has 0 spiro atoms. The number of nitrogens with one attached hydrogen (secondary N) is 2. The number of thioether (sulfide) groups is 1. The van der Waals surface area contributed by atoms with Crippen molar-refractivity contribution in [2.24, 2.45) is 0 Å². The Morgan fingerprint density at radius 3 is 1.44 bits per heavy atom. The van der Waals surface area contributed by atoms with Gasteiger partial charge in [-0.05, 0) is 90.0 Å². The lowest BCUT2D eigenvalue weighted by Crippen LogP contribution is -2.42. The van der Waals surface area contributed by atoms with E-state index in [0.717, 1.165) is 31.1 Å². The zero-order chi connectivity index (χ0) is 33.6. The maximum atomic E-state index is 5.58. The smallest absolute Gasteiger partial charge is 0.382 e. The molecule has 0 aliphatic carbocycles. The Morgan fingerprint density at radius 1 is 0.600 bits per heavy atom. The molecule has 2 atom stereocenters. The number of para-hydroxylation sites is 2. The Labute approximate surface area is 282 Å². The summed E-state index contributed by atoms with van der Waals surface area (Å²) in [5.41, 5.74) is 8.40. The van der Waals surface area contributed by atoms with E-state index in [-0.39, 0.29) is 0 Å². The topological polar surface area (TPSA) is 51.8 Å². The zero-order valence-electron chi connectivity index (χ0n) is 30.7. The van der Waals surface area contributed by atoms with Crippen LogP contribution in [-0.4, -0.2) is 53.7 Å². The molecule has 45 heavy (non-hydrogen) atoms. The molecule has 2 rings (SSSR count). The van der Waals surface area contributed by atoms with Crippen molar-refractivity contribution < 1.29 is 13.3 Å². The van der Waals surface area contributed by atoms with Gasteiger partial charge in [-0.2, -0.15) is 11.8 Å². The summed E-state index contributed by atoms with van der Waals surface area (Å²) in [5, 5.41) is 8.15. The van der Waals surface area contributed by atoms with Crippen LogP contribution in [-0.2, 0) is 13.3 Å². The van der Waals surface area contributed by atoms with Gasteiger partial charge in [-0.25, -0.2) is 0 Å². The first-order chi connectivity index (χ1) is 21.4. The Kier molecular flexibility index (Phi) is 17.6. The molecular formula is C38H66N2O3SSi. The summed E-state index contributed by atoms with van der Waals surface area (Å²) in [6.45, 7) is 20.8. The van der Waals surface area contributed by atoms with E-state index < -0.39 is 8.80 Å². The normalized spacial score (nSPS) is 13.7. The van der Waals surface area contributed by atoms with E-state index in [1.54, 1.807) is 21.3 Å². The van der Waals surface area contributed by atoms with E-state index >= 15 is 0 Å². The monoisotopic (exact) mass is 658 g/mol. The van der Waals surface area contributed by atoms with E-state index in [1.165, 1.54) is 52.2 Å². The number of unbranched alkanes of at least 4 members (excludes halogenated alkanes) is 1. The summed E-state index contributed by atoms with van der Waals surface area (Å²) < 4.78 is 16.7. The quantitative estimate of drug-likeness (QED) is 0.0970. The molecule has 0 amide bonds. The van der Waals surface area contributed by atoms with Crippen LogP contribution in [0.15, 0.2) is 36.4 Å². The van der Waals surface area contributed by atoms with Crippen molar-refractivity contribution in [3.8, 4) is 0 Å². The van der Waals surface area contributed by atoms with Crippen molar-refractivity contribution in [1.82, 2.24) is 0 Å². The molecule has 0 heterocycles. The molecule has 0 aliphatic rings.